The van der Waals surface area contributed by atoms with Crippen LogP contribution < -0.4 is 9.64 Å². The first-order chi connectivity index (χ1) is 15.0. The molecule has 0 atom stereocenters. The van der Waals surface area contributed by atoms with Gasteiger partial charge in [-0.25, -0.2) is 0 Å². The van der Waals surface area contributed by atoms with Crippen LogP contribution in [0.5, 0.6) is 5.75 Å². The van der Waals surface area contributed by atoms with Gasteiger partial charge in [-0.3, -0.25) is 19.8 Å². The number of para-hydroxylation sites is 1. The molecule has 1 aliphatic rings. The number of thiocarbonyl (C=S) groups is 1. The van der Waals surface area contributed by atoms with E-state index >= 15 is 0 Å². The number of rotatable bonds is 6. The molecule has 0 N–H and O–H groups in total. The lowest BCUT2D eigenvalue weighted by molar-refractivity contribution is -0.384. The summed E-state index contributed by atoms with van der Waals surface area (Å²) in [5, 5.41) is 11.5. The van der Waals surface area contributed by atoms with Gasteiger partial charge in [0.2, 0.25) is 0 Å². The molecule has 0 unspecified atom stereocenters. The summed E-state index contributed by atoms with van der Waals surface area (Å²) in [6, 6.07) is 17.0. The summed E-state index contributed by atoms with van der Waals surface area (Å²) in [4.78, 5) is 25.8. The maximum Gasteiger partial charge on any atom is 0.284 e. The molecule has 0 bridgehead atoms. The molecule has 0 spiro atoms. The van der Waals surface area contributed by atoms with E-state index in [9.17, 15) is 14.9 Å². The second-order valence-corrected chi connectivity index (χ2v) is 8.10. The number of nitrogens with zero attached hydrogens (tertiary/aromatic N) is 2. The van der Waals surface area contributed by atoms with Crippen molar-refractivity contribution in [2.75, 3.05) is 11.5 Å². The zero-order chi connectivity index (χ0) is 22.0. The normalized spacial score (nSPS) is 15.0. The Morgan fingerprint density at radius 2 is 1.97 bits per heavy atom. The van der Waals surface area contributed by atoms with Crippen molar-refractivity contribution in [3.8, 4) is 17.1 Å². The minimum absolute atomic E-state index is 0.123. The van der Waals surface area contributed by atoms with Gasteiger partial charge in [-0.2, -0.15) is 0 Å². The van der Waals surface area contributed by atoms with Crippen LogP contribution >= 0.6 is 24.0 Å². The van der Waals surface area contributed by atoms with E-state index < -0.39 is 4.92 Å². The van der Waals surface area contributed by atoms with Crippen molar-refractivity contribution >= 4 is 51.7 Å². The number of furan rings is 1. The van der Waals surface area contributed by atoms with Crippen molar-refractivity contribution in [1.29, 1.82) is 0 Å². The summed E-state index contributed by atoms with van der Waals surface area (Å²) >= 11 is 6.54. The Labute approximate surface area is 187 Å². The molecule has 7 nitrogen and oxygen atoms in total. The fourth-order valence-corrected chi connectivity index (χ4v) is 4.38. The van der Waals surface area contributed by atoms with Crippen molar-refractivity contribution in [1.82, 2.24) is 0 Å². The van der Waals surface area contributed by atoms with Gasteiger partial charge in [0.15, 0.2) is 4.32 Å². The van der Waals surface area contributed by atoms with E-state index in [-0.39, 0.29) is 11.6 Å². The molecule has 156 valence electrons. The molecule has 4 rings (SSSR count). The average Bonchev–Trinajstić information content (AvgIpc) is 3.33. The lowest BCUT2D eigenvalue weighted by atomic mass is 10.1. The standard InChI is InChI=1S/C22H16N2O5S2/c1-2-28-15-8-10-17(18(12-15)24(26)27)19-11-9-16(29-19)13-20-21(25)23(22(30)31-20)14-6-4-3-5-7-14/h3-13H,2H2,1H3/b20-13-. The third kappa shape index (κ3) is 4.23. The van der Waals surface area contributed by atoms with Crippen LogP contribution in [0.3, 0.4) is 0 Å². The molecule has 1 amide bonds. The van der Waals surface area contributed by atoms with Crippen molar-refractivity contribution in [3.63, 3.8) is 0 Å². The van der Waals surface area contributed by atoms with Gasteiger partial charge in [-0.05, 0) is 43.3 Å². The van der Waals surface area contributed by atoms with Crippen LogP contribution in [0.1, 0.15) is 12.7 Å². The average molecular weight is 453 g/mol. The Balaban J connectivity index is 1.63. The van der Waals surface area contributed by atoms with Crippen LogP contribution in [0.2, 0.25) is 0 Å². The van der Waals surface area contributed by atoms with E-state index in [0.29, 0.717) is 44.4 Å². The van der Waals surface area contributed by atoms with Crippen LogP contribution in [0.15, 0.2) is 70.0 Å². The fourth-order valence-electron chi connectivity index (χ4n) is 3.10. The molecule has 1 saturated heterocycles. The Hall–Kier alpha value is -3.43. The predicted molar refractivity (Wildman–Crippen MR) is 124 cm³/mol. The number of carbonyl (C=O) groups excluding carboxylic acids is 1. The molecule has 1 aromatic heterocycles. The number of amides is 1. The summed E-state index contributed by atoms with van der Waals surface area (Å²) in [6.45, 7) is 2.21. The van der Waals surface area contributed by atoms with E-state index in [1.165, 1.54) is 22.7 Å². The second-order valence-electron chi connectivity index (χ2n) is 6.42. The largest absolute Gasteiger partial charge is 0.494 e. The second kappa shape index (κ2) is 8.75. The third-order valence-corrected chi connectivity index (χ3v) is 5.75. The van der Waals surface area contributed by atoms with Gasteiger partial charge in [0.05, 0.1) is 33.8 Å². The molecule has 0 aliphatic carbocycles. The summed E-state index contributed by atoms with van der Waals surface area (Å²) in [6.07, 6.45) is 1.59. The van der Waals surface area contributed by atoms with E-state index in [4.69, 9.17) is 21.4 Å². The predicted octanol–water partition coefficient (Wildman–Crippen LogP) is 5.66. The summed E-state index contributed by atoms with van der Waals surface area (Å²) in [7, 11) is 0. The zero-order valence-electron chi connectivity index (χ0n) is 16.3. The van der Waals surface area contributed by atoms with Crippen molar-refractivity contribution in [2.45, 2.75) is 6.92 Å². The van der Waals surface area contributed by atoms with Crippen LogP contribution in [0.4, 0.5) is 11.4 Å². The first-order valence-electron chi connectivity index (χ1n) is 9.32. The highest BCUT2D eigenvalue weighted by atomic mass is 32.2. The lowest BCUT2D eigenvalue weighted by Gasteiger charge is -2.13. The first kappa shape index (κ1) is 20.8. The molecular formula is C22H16N2O5S2. The molecule has 0 saturated carbocycles. The summed E-state index contributed by atoms with van der Waals surface area (Å²) in [5.74, 6) is 0.881. The van der Waals surface area contributed by atoms with Crippen molar-refractivity contribution in [3.05, 3.63) is 81.4 Å². The Morgan fingerprint density at radius 1 is 1.19 bits per heavy atom. The Kier molecular flexibility index (Phi) is 5.88. The number of anilines is 1. The van der Waals surface area contributed by atoms with Crippen molar-refractivity contribution in [2.24, 2.45) is 0 Å². The maximum absolute atomic E-state index is 12.8. The van der Waals surface area contributed by atoms with Crippen LogP contribution in [0, 0.1) is 10.1 Å². The van der Waals surface area contributed by atoms with Crippen LogP contribution in [-0.2, 0) is 4.79 Å². The molecule has 1 fully saturated rings. The number of nitro benzene ring substituents is 1. The highest BCUT2D eigenvalue weighted by Crippen LogP contribution is 2.38. The SMILES string of the molecule is CCOc1ccc(-c2ccc(/C=C3\SC(=S)N(c4ccccc4)C3=O)o2)c([N+](=O)[O-])c1. The van der Waals surface area contributed by atoms with Gasteiger partial charge in [-0.15, -0.1) is 0 Å². The minimum Gasteiger partial charge on any atom is -0.494 e. The molecule has 1 aliphatic heterocycles. The molecule has 9 heteroatoms. The molecule has 2 heterocycles. The Bertz CT molecular complexity index is 1200. The zero-order valence-corrected chi connectivity index (χ0v) is 17.9. The van der Waals surface area contributed by atoms with E-state index in [0.717, 1.165) is 0 Å². The number of thioether (sulfide) groups is 1. The van der Waals surface area contributed by atoms with Gasteiger partial charge in [0.25, 0.3) is 11.6 Å². The van der Waals surface area contributed by atoms with Gasteiger partial charge >= 0.3 is 0 Å². The van der Waals surface area contributed by atoms with Gasteiger partial charge < -0.3 is 9.15 Å². The van der Waals surface area contributed by atoms with E-state index in [2.05, 4.69) is 0 Å². The van der Waals surface area contributed by atoms with Crippen molar-refractivity contribution < 1.29 is 18.9 Å². The lowest BCUT2D eigenvalue weighted by Crippen LogP contribution is -2.27. The topological polar surface area (TPSA) is 85.8 Å². The Morgan fingerprint density at radius 3 is 2.68 bits per heavy atom. The summed E-state index contributed by atoms with van der Waals surface area (Å²) in [5.41, 5.74) is 0.894. The third-order valence-electron chi connectivity index (χ3n) is 4.45. The van der Waals surface area contributed by atoms with Crippen LogP contribution in [0.25, 0.3) is 17.4 Å². The highest BCUT2D eigenvalue weighted by molar-refractivity contribution is 8.27. The summed E-state index contributed by atoms with van der Waals surface area (Å²) < 4.78 is 11.6. The number of nitro groups is 1. The van der Waals surface area contributed by atoms with Gasteiger partial charge in [-0.1, -0.05) is 42.2 Å². The fraction of sp³-hybridized carbons (Fsp3) is 0.0909. The van der Waals surface area contributed by atoms with Gasteiger partial charge in [0, 0.05) is 6.08 Å². The minimum atomic E-state index is -0.481. The van der Waals surface area contributed by atoms with E-state index in [1.54, 1.807) is 37.3 Å². The number of hydrogen-bond donors (Lipinski definition) is 0. The molecule has 0 radical (unpaired) electrons. The smallest absolute Gasteiger partial charge is 0.284 e. The number of benzene rings is 2. The quantitative estimate of drug-likeness (QED) is 0.206. The highest BCUT2D eigenvalue weighted by Gasteiger charge is 2.33. The first-order valence-corrected chi connectivity index (χ1v) is 10.5. The van der Waals surface area contributed by atoms with Gasteiger partial charge in [0.1, 0.15) is 17.3 Å². The van der Waals surface area contributed by atoms with E-state index in [1.807, 2.05) is 30.3 Å². The molecular weight excluding hydrogens is 436 g/mol. The maximum atomic E-state index is 12.8. The number of hydrogen-bond acceptors (Lipinski definition) is 7. The number of ether oxygens (including phenoxy) is 1. The van der Waals surface area contributed by atoms with Crippen LogP contribution in [-0.4, -0.2) is 21.8 Å². The monoisotopic (exact) mass is 452 g/mol. The molecule has 3 aromatic rings. The molecule has 2 aromatic carbocycles. The number of carbonyl (C=O) groups is 1. The molecule has 31 heavy (non-hydrogen) atoms.